The van der Waals surface area contributed by atoms with E-state index in [0.717, 1.165) is 0 Å². The standard InChI is InChI=1S/C55H74N14O15/c1-29(2)46(69-51(80)39(19-21-45(74)75)65-50(79)38(18-20-43(57)72)64-47(76)35(56)23-30-9-4-3-5-10-30)53(82)66-40(25-32-26-61-36-12-7-6-11-34(32)36)48(77)62-27-44(73)63-37(13-8-22-60-55(58)59)49(78)68-42(28-70)52(81)67-41(54(83)84)24-31-14-16-33(71)17-15-31/h3-7,9-12,14-17,26,29,35,37-42,46,61,70-71H,8,13,18-25,27-28,56H2,1-2H3,(H2,57,72)(H,62,77)(H,63,73)(H,64,76)(H,65,79)(H,66,82)(H,67,81)(H,68,78)(H,69,80)(H,74,75)(H,83,84)(H4,58,59,60)/t35-,37-,38-,39-,40-,41-,42-,46-/m0/s1. The van der Waals surface area contributed by atoms with Gasteiger partial charge in [-0.2, -0.15) is 0 Å². The molecule has 29 nitrogen and oxygen atoms in total. The maximum atomic E-state index is 14.4. The monoisotopic (exact) mass is 1170 g/mol. The van der Waals surface area contributed by atoms with Gasteiger partial charge in [-0.25, -0.2) is 4.79 Å². The number of aromatic nitrogens is 1. The molecule has 3 aromatic carbocycles. The lowest BCUT2D eigenvalue weighted by molar-refractivity contribution is -0.142. The molecule has 8 atom stereocenters. The van der Waals surface area contributed by atoms with Crippen LogP contribution in [0.1, 0.15) is 69.1 Å². The number of amides is 9. The number of nitrogens with zero attached hydrogens (tertiary/aromatic N) is 1. The van der Waals surface area contributed by atoms with Crippen molar-refractivity contribution in [1.82, 2.24) is 47.5 Å². The average molecular weight is 1170 g/mol. The number of aromatic hydroxyl groups is 1. The number of nitrogens with two attached hydrogens (primary N) is 4. The van der Waals surface area contributed by atoms with Crippen molar-refractivity contribution in [3.05, 3.63) is 102 Å². The summed E-state index contributed by atoms with van der Waals surface area (Å²) in [5.41, 5.74) is 24.7. The minimum Gasteiger partial charge on any atom is -0.508 e. The van der Waals surface area contributed by atoms with E-state index in [1.807, 2.05) is 0 Å². The Morgan fingerprint density at radius 2 is 1.12 bits per heavy atom. The van der Waals surface area contributed by atoms with Crippen molar-refractivity contribution in [3.8, 4) is 5.75 Å². The molecule has 84 heavy (non-hydrogen) atoms. The smallest absolute Gasteiger partial charge is 0.326 e. The third-order valence-corrected chi connectivity index (χ3v) is 13.0. The third-order valence-electron chi connectivity index (χ3n) is 13.0. The van der Waals surface area contributed by atoms with E-state index in [1.165, 1.54) is 24.3 Å². The van der Waals surface area contributed by atoms with Gasteiger partial charge in [0.25, 0.3) is 0 Å². The number of aliphatic imine (C=N–C) groups is 1. The Morgan fingerprint density at radius 3 is 1.73 bits per heavy atom. The number of guanidine groups is 1. The zero-order valence-electron chi connectivity index (χ0n) is 46.3. The van der Waals surface area contributed by atoms with Gasteiger partial charge in [-0.05, 0) is 72.9 Å². The number of aliphatic carboxylic acids is 2. The van der Waals surface area contributed by atoms with E-state index < -0.39 is 145 Å². The lowest BCUT2D eigenvalue weighted by Crippen LogP contribution is -2.60. The number of aliphatic hydroxyl groups is 1. The van der Waals surface area contributed by atoms with E-state index in [4.69, 9.17) is 22.9 Å². The summed E-state index contributed by atoms with van der Waals surface area (Å²) < 4.78 is 0. The summed E-state index contributed by atoms with van der Waals surface area (Å²) in [5.74, 6) is -12.4. The van der Waals surface area contributed by atoms with E-state index >= 15 is 0 Å². The fraction of sp³-hybridized carbons (Fsp3) is 0.418. The fourth-order valence-corrected chi connectivity index (χ4v) is 8.50. The molecule has 0 aliphatic carbocycles. The van der Waals surface area contributed by atoms with Crippen molar-refractivity contribution in [3.63, 3.8) is 0 Å². The predicted octanol–water partition coefficient (Wildman–Crippen LogP) is -3.34. The zero-order chi connectivity index (χ0) is 62.0. The molecular formula is C55H74N14O15. The number of hydrogen-bond donors (Lipinski definition) is 17. The Hall–Kier alpha value is -9.64. The quantitative estimate of drug-likeness (QED) is 0.0122. The average Bonchev–Trinajstić information content (AvgIpc) is 3.90. The molecule has 1 aromatic heterocycles. The molecule has 0 radical (unpaired) electrons. The number of rotatable bonds is 35. The van der Waals surface area contributed by atoms with Crippen LogP contribution in [-0.4, -0.2) is 165 Å². The number of carboxylic acids is 2. The van der Waals surface area contributed by atoms with E-state index in [1.54, 1.807) is 74.6 Å². The molecule has 0 aliphatic rings. The van der Waals surface area contributed by atoms with Gasteiger partial charge in [-0.15, -0.1) is 0 Å². The molecule has 454 valence electrons. The molecule has 0 saturated heterocycles. The summed E-state index contributed by atoms with van der Waals surface area (Å²) in [6.45, 7) is 1.26. The van der Waals surface area contributed by atoms with Crippen LogP contribution in [0.2, 0.25) is 0 Å². The van der Waals surface area contributed by atoms with Gasteiger partial charge in [-0.1, -0.05) is 74.5 Å². The van der Waals surface area contributed by atoms with Gasteiger partial charge < -0.3 is 90.9 Å². The highest BCUT2D eigenvalue weighted by molar-refractivity contribution is 5.98. The Labute approximate surface area is 482 Å². The van der Waals surface area contributed by atoms with E-state index in [9.17, 15) is 73.2 Å². The number of phenolic OH excluding ortho intramolecular Hbond substituents is 1. The number of benzene rings is 3. The second-order valence-electron chi connectivity index (χ2n) is 20.0. The van der Waals surface area contributed by atoms with Gasteiger partial charge in [0.15, 0.2) is 5.96 Å². The first-order valence-corrected chi connectivity index (χ1v) is 26.8. The van der Waals surface area contributed by atoms with Gasteiger partial charge in [0, 0.05) is 49.3 Å². The number of carbonyl (C=O) groups excluding carboxylic acids is 9. The van der Waals surface area contributed by atoms with Crippen LogP contribution in [0.25, 0.3) is 10.9 Å². The van der Waals surface area contributed by atoms with Crippen molar-refractivity contribution in [2.45, 2.75) is 120 Å². The van der Waals surface area contributed by atoms with Gasteiger partial charge >= 0.3 is 11.9 Å². The van der Waals surface area contributed by atoms with Gasteiger partial charge in [-0.3, -0.25) is 52.9 Å². The second-order valence-corrected chi connectivity index (χ2v) is 20.0. The molecule has 0 bridgehead atoms. The molecule has 0 unspecified atom stereocenters. The molecule has 0 aliphatic heterocycles. The fourth-order valence-electron chi connectivity index (χ4n) is 8.50. The van der Waals surface area contributed by atoms with Crippen molar-refractivity contribution in [2.75, 3.05) is 19.7 Å². The SMILES string of the molecule is CC(C)[C@H](NC(=O)[C@H](CCC(=O)O)NC(=O)[C@H](CCC(N)=O)NC(=O)[C@@H](N)Cc1ccccc1)C(=O)N[C@@H](Cc1c[nH]c2ccccc12)C(=O)NCC(=O)N[C@@H](CCCN=C(N)N)C(=O)N[C@@H](CO)C(=O)N[C@@H](Cc1ccc(O)cc1)C(=O)O. The van der Waals surface area contributed by atoms with Crippen LogP contribution in [0.15, 0.2) is 90.1 Å². The third kappa shape index (κ3) is 22.4. The van der Waals surface area contributed by atoms with Crippen LogP contribution in [0.3, 0.4) is 0 Å². The summed E-state index contributed by atoms with van der Waals surface area (Å²) in [6.07, 6.45) is -0.736. The van der Waals surface area contributed by atoms with Crippen molar-refractivity contribution in [2.24, 2.45) is 33.8 Å². The second kappa shape index (κ2) is 33.3. The highest BCUT2D eigenvalue weighted by Gasteiger charge is 2.35. The number of hydrogen-bond acceptors (Lipinski definition) is 15. The predicted molar refractivity (Wildman–Crippen MR) is 303 cm³/mol. The number of carboxylic acid groups (broad SMARTS) is 2. The largest absolute Gasteiger partial charge is 0.508 e. The van der Waals surface area contributed by atoms with Crippen molar-refractivity contribution < 1.29 is 73.2 Å². The highest BCUT2D eigenvalue weighted by atomic mass is 16.4. The van der Waals surface area contributed by atoms with Crippen LogP contribution in [0, 0.1) is 5.92 Å². The summed E-state index contributed by atoms with van der Waals surface area (Å²) in [4.78, 5) is 153. The molecule has 9 amide bonds. The summed E-state index contributed by atoms with van der Waals surface area (Å²) >= 11 is 0. The number of carbonyl (C=O) groups is 11. The molecule has 0 saturated carbocycles. The zero-order valence-corrected chi connectivity index (χ0v) is 46.3. The molecule has 21 N–H and O–H groups in total. The van der Waals surface area contributed by atoms with Crippen LogP contribution >= 0.6 is 0 Å². The van der Waals surface area contributed by atoms with Gasteiger partial charge in [0.1, 0.15) is 48.0 Å². The number of H-pyrrole nitrogens is 1. The summed E-state index contributed by atoms with van der Waals surface area (Å²) in [6, 6.07) is 9.30. The van der Waals surface area contributed by atoms with Crippen molar-refractivity contribution >= 4 is 82.0 Å². The van der Waals surface area contributed by atoms with Crippen molar-refractivity contribution in [1.29, 1.82) is 0 Å². The first-order chi connectivity index (χ1) is 39.8. The lowest BCUT2D eigenvalue weighted by Gasteiger charge is -2.28. The molecule has 0 spiro atoms. The summed E-state index contributed by atoms with van der Waals surface area (Å²) in [5, 5.41) is 59.4. The Balaban J connectivity index is 1.53. The molecule has 4 rings (SSSR count). The molecule has 29 heteroatoms. The minimum atomic E-state index is -1.72. The maximum Gasteiger partial charge on any atom is 0.326 e. The number of nitrogens with one attached hydrogen (secondary N) is 9. The number of phenols is 1. The van der Waals surface area contributed by atoms with Crippen LogP contribution in [0.4, 0.5) is 0 Å². The molecule has 1 heterocycles. The summed E-state index contributed by atoms with van der Waals surface area (Å²) in [7, 11) is 0. The Kier molecular flexibility index (Phi) is 26.5. The van der Waals surface area contributed by atoms with Gasteiger partial charge in [0.2, 0.25) is 53.2 Å². The topological polar surface area (TPSA) is 497 Å². The van der Waals surface area contributed by atoms with Crippen LogP contribution in [0.5, 0.6) is 5.75 Å². The van der Waals surface area contributed by atoms with E-state index in [2.05, 4.69) is 52.5 Å². The Bertz CT molecular complexity index is 2970. The number of fused-ring (bicyclic) bond motifs is 1. The van der Waals surface area contributed by atoms with Crippen LogP contribution < -0.4 is 65.5 Å². The van der Waals surface area contributed by atoms with E-state index in [0.29, 0.717) is 27.6 Å². The minimum absolute atomic E-state index is 0.0190. The van der Waals surface area contributed by atoms with Crippen LogP contribution in [-0.2, 0) is 72.0 Å². The number of aliphatic hydroxyl groups excluding tert-OH is 1. The number of aromatic amines is 1. The van der Waals surface area contributed by atoms with E-state index in [-0.39, 0.29) is 63.2 Å². The molecule has 4 aromatic rings. The van der Waals surface area contributed by atoms with Gasteiger partial charge in [0.05, 0.1) is 19.2 Å². The Morgan fingerprint density at radius 1 is 0.571 bits per heavy atom. The highest BCUT2D eigenvalue weighted by Crippen LogP contribution is 2.20. The molecular weight excluding hydrogens is 1100 g/mol. The number of para-hydroxylation sites is 1. The first-order valence-electron chi connectivity index (χ1n) is 26.8. The maximum absolute atomic E-state index is 14.4. The first kappa shape index (κ1) is 66.9. The molecule has 0 fully saturated rings. The normalized spacial score (nSPS) is 13.9. The lowest BCUT2D eigenvalue weighted by atomic mass is 9.99. The number of primary amides is 1.